The van der Waals surface area contributed by atoms with Crippen LogP contribution >= 0.6 is 0 Å². The van der Waals surface area contributed by atoms with E-state index in [1.807, 2.05) is 30.3 Å². The number of nitrogens with two attached hydrogens (primary N) is 1. The molecule has 0 saturated heterocycles. The Morgan fingerprint density at radius 3 is 2.55 bits per heavy atom. The van der Waals surface area contributed by atoms with Gasteiger partial charge < -0.3 is 10.5 Å². The first kappa shape index (κ1) is 14.5. The predicted octanol–water partition coefficient (Wildman–Crippen LogP) is 3.25. The van der Waals surface area contributed by atoms with Crippen LogP contribution in [0, 0.1) is 0 Å². The molecule has 0 radical (unpaired) electrons. The Balaban J connectivity index is 2.28. The van der Waals surface area contributed by atoms with Crippen molar-refractivity contribution in [2.75, 3.05) is 13.7 Å². The van der Waals surface area contributed by atoms with Gasteiger partial charge in [0.15, 0.2) is 0 Å². The quantitative estimate of drug-likeness (QED) is 0.648. The zero-order chi connectivity index (χ0) is 14.4. The summed E-state index contributed by atoms with van der Waals surface area (Å²) in [7, 11) is 1.42. The molecule has 0 amide bonds. The van der Waals surface area contributed by atoms with E-state index in [9.17, 15) is 4.79 Å². The normalized spacial score (nSPS) is 10.7. The van der Waals surface area contributed by atoms with Gasteiger partial charge >= 0.3 is 5.97 Å². The Morgan fingerprint density at radius 1 is 1.10 bits per heavy atom. The lowest BCUT2D eigenvalue weighted by Gasteiger charge is -2.02. The van der Waals surface area contributed by atoms with E-state index in [-0.39, 0.29) is 5.97 Å². The van der Waals surface area contributed by atoms with Crippen molar-refractivity contribution in [3.63, 3.8) is 0 Å². The van der Waals surface area contributed by atoms with E-state index in [2.05, 4.69) is 6.07 Å². The average molecular weight is 271 g/mol. The molecule has 3 heteroatoms. The molecular formula is C17H21NO2. The molecule has 0 aliphatic heterocycles. The number of unbranched alkanes of at least 4 members (excludes halogenated alkanes) is 2. The molecule has 3 nitrogen and oxygen atoms in total. The van der Waals surface area contributed by atoms with E-state index in [0.717, 1.165) is 43.4 Å². The zero-order valence-corrected chi connectivity index (χ0v) is 11.9. The molecule has 2 rings (SSSR count). The third-order valence-electron chi connectivity index (χ3n) is 3.55. The van der Waals surface area contributed by atoms with Crippen molar-refractivity contribution < 1.29 is 9.53 Å². The predicted molar refractivity (Wildman–Crippen MR) is 81.0 cm³/mol. The van der Waals surface area contributed by atoms with Gasteiger partial charge in [-0.3, -0.25) is 0 Å². The van der Waals surface area contributed by atoms with Gasteiger partial charge in [-0.15, -0.1) is 0 Å². The van der Waals surface area contributed by atoms with Gasteiger partial charge in [-0.25, -0.2) is 4.79 Å². The summed E-state index contributed by atoms with van der Waals surface area (Å²) >= 11 is 0. The minimum Gasteiger partial charge on any atom is -0.465 e. The maximum absolute atomic E-state index is 11.9. The van der Waals surface area contributed by atoms with Crippen LogP contribution in [-0.4, -0.2) is 19.6 Å². The van der Waals surface area contributed by atoms with Crippen LogP contribution in [0.25, 0.3) is 11.1 Å². The molecule has 0 aromatic heterocycles. The molecule has 0 unspecified atom stereocenters. The van der Waals surface area contributed by atoms with E-state index in [1.54, 1.807) is 0 Å². The molecule has 0 atom stereocenters. The largest absolute Gasteiger partial charge is 0.465 e. The van der Waals surface area contributed by atoms with Gasteiger partial charge in [-0.1, -0.05) is 36.8 Å². The smallest absolute Gasteiger partial charge is 0.338 e. The van der Waals surface area contributed by atoms with Crippen molar-refractivity contribution in [3.8, 4) is 11.1 Å². The highest BCUT2D eigenvalue weighted by molar-refractivity contribution is 6.00. The molecule has 0 fully saturated rings. The van der Waals surface area contributed by atoms with E-state index in [1.165, 1.54) is 12.7 Å². The van der Waals surface area contributed by atoms with Gasteiger partial charge in [-0.2, -0.15) is 0 Å². The van der Waals surface area contributed by atoms with Crippen molar-refractivity contribution in [2.24, 2.45) is 5.73 Å². The number of aryl methyl sites for hydroxylation is 1. The Bertz CT molecular complexity index is 551. The van der Waals surface area contributed by atoms with Gasteiger partial charge in [0.25, 0.3) is 0 Å². The fraction of sp³-hybridized carbons (Fsp3) is 0.353. The minimum atomic E-state index is -0.269. The number of carbonyl (C=O) groups excluding carboxylic acids is 1. The third-order valence-corrected chi connectivity index (χ3v) is 3.55. The Morgan fingerprint density at radius 2 is 1.85 bits per heavy atom. The molecular weight excluding hydrogens is 250 g/mol. The fourth-order valence-corrected chi connectivity index (χ4v) is 2.51. The maximum Gasteiger partial charge on any atom is 0.338 e. The van der Waals surface area contributed by atoms with Crippen LogP contribution in [0.4, 0.5) is 0 Å². The second-order valence-corrected chi connectivity index (χ2v) is 4.91. The molecule has 2 N–H and O–H groups in total. The van der Waals surface area contributed by atoms with Crippen molar-refractivity contribution >= 4 is 5.97 Å². The van der Waals surface area contributed by atoms with Gasteiger partial charge in [-0.05, 0) is 48.6 Å². The van der Waals surface area contributed by atoms with Gasteiger partial charge in [0.05, 0.1) is 12.7 Å². The van der Waals surface area contributed by atoms with Crippen LogP contribution in [0.15, 0.2) is 36.4 Å². The van der Waals surface area contributed by atoms with Crippen molar-refractivity contribution in [2.45, 2.75) is 25.7 Å². The maximum atomic E-state index is 11.9. The van der Waals surface area contributed by atoms with Gasteiger partial charge in [0, 0.05) is 0 Å². The van der Waals surface area contributed by atoms with Crippen LogP contribution < -0.4 is 5.73 Å². The van der Waals surface area contributed by atoms with E-state index in [4.69, 9.17) is 10.5 Å². The third kappa shape index (κ3) is 3.17. The molecule has 0 saturated carbocycles. The lowest BCUT2D eigenvalue weighted by atomic mass is 10.0. The number of esters is 1. The van der Waals surface area contributed by atoms with Gasteiger partial charge in [0.2, 0.25) is 0 Å². The zero-order valence-electron chi connectivity index (χ0n) is 11.9. The number of carbonyl (C=O) groups is 1. The monoisotopic (exact) mass is 271 g/mol. The molecule has 106 valence electrons. The van der Waals surface area contributed by atoms with Crippen LogP contribution in [0.3, 0.4) is 0 Å². The summed E-state index contributed by atoms with van der Waals surface area (Å²) in [5, 5.41) is 0. The van der Waals surface area contributed by atoms with Crippen molar-refractivity contribution in [1.29, 1.82) is 0 Å². The second kappa shape index (κ2) is 7.06. The number of ether oxygens (including phenoxy) is 1. The highest BCUT2D eigenvalue weighted by Gasteiger charge is 2.19. The summed E-state index contributed by atoms with van der Waals surface area (Å²) in [6.07, 6.45) is 4.24. The highest BCUT2D eigenvalue weighted by Crippen LogP contribution is 2.33. The minimum absolute atomic E-state index is 0.269. The Labute approximate surface area is 120 Å². The van der Waals surface area contributed by atoms with E-state index < -0.39 is 0 Å². The summed E-state index contributed by atoms with van der Waals surface area (Å²) in [6, 6.07) is 11.9. The number of rotatable bonds is 6. The fourth-order valence-electron chi connectivity index (χ4n) is 2.51. The lowest BCUT2D eigenvalue weighted by Crippen LogP contribution is -2.00. The van der Waals surface area contributed by atoms with Crippen molar-refractivity contribution in [3.05, 3.63) is 47.5 Å². The van der Waals surface area contributed by atoms with Crippen LogP contribution in [0.2, 0.25) is 0 Å². The SMILES string of the molecule is COC(=O)c1cc(CCCCCN)c2cccccc1-2. The molecule has 0 heterocycles. The first-order chi connectivity index (χ1) is 9.77. The topological polar surface area (TPSA) is 52.3 Å². The Hall–Kier alpha value is -1.87. The first-order valence-corrected chi connectivity index (χ1v) is 7.07. The molecule has 0 spiro atoms. The average Bonchev–Trinajstić information content (AvgIpc) is 2.65. The van der Waals surface area contributed by atoms with Crippen LogP contribution in [0.5, 0.6) is 0 Å². The standard InChI is InChI=1S/C17H21NO2/c1-20-17(19)16-12-13(8-4-3-7-11-18)14-9-5-2-6-10-15(14)16/h2,5-6,9-10,12H,3-4,7-8,11,18H2,1H3. The Kier molecular flexibility index (Phi) is 5.13. The lowest BCUT2D eigenvalue weighted by molar-refractivity contribution is 0.0602. The summed E-state index contributed by atoms with van der Waals surface area (Å²) in [5.41, 5.74) is 9.50. The number of hydrogen-bond acceptors (Lipinski definition) is 3. The summed E-state index contributed by atoms with van der Waals surface area (Å²) in [4.78, 5) is 11.9. The summed E-state index contributed by atoms with van der Waals surface area (Å²) < 4.78 is 4.88. The molecule has 0 bridgehead atoms. The first-order valence-electron chi connectivity index (χ1n) is 7.07. The van der Waals surface area contributed by atoms with Crippen LogP contribution in [-0.2, 0) is 11.2 Å². The molecule has 0 aromatic rings. The van der Waals surface area contributed by atoms with E-state index >= 15 is 0 Å². The number of hydrogen-bond donors (Lipinski definition) is 1. The summed E-state index contributed by atoms with van der Waals surface area (Å²) in [5.74, 6) is -0.269. The summed E-state index contributed by atoms with van der Waals surface area (Å²) in [6.45, 7) is 0.740. The van der Waals surface area contributed by atoms with E-state index in [0.29, 0.717) is 5.56 Å². The van der Waals surface area contributed by atoms with Gasteiger partial charge in [0.1, 0.15) is 0 Å². The molecule has 20 heavy (non-hydrogen) atoms. The molecule has 0 aromatic carbocycles. The highest BCUT2D eigenvalue weighted by atomic mass is 16.5. The molecule has 2 aliphatic carbocycles. The van der Waals surface area contributed by atoms with Crippen molar-refractivity contribution in [1.82, 2.24) is 0 Å². The molecule has 2 aliphatic rings. The second-order valence-electron chi connectivity index (χ2n) is 4.91. The number of fused-ring (bicyclic) bond motifs is 1. The number of methoxy groups -OCH3 is 1. The van der Waals surface area contributed by atoms with Crippen LogP contribution in [0.1, 0.15) is 35.2 Å².